The molecule has 0 radical (unpaired) electrons. The molecular formula is CH3IO2S. The van der Waals surface area contributed by atoms with Gasteiger partial charge in [-0.15, -0.1) is 0 Å². The van der Waals surface area contributed by atoms with E-state index in [4.69, 9.17) is 4.55 Å². The molecule has 0 aliphatic heterocycles. The Bertz CT molecular complexity index is 44.9. The largest absolute Gasteiger partial charge is 0.306 e. The Balaban J connectivity index is 2.85. The second-order valence-corrected chi connectivity index (χ2v) is 3.16. The molecule has 0 heterocycles. The lowest BCUT2D eigenvalue weighted by Crippen LogP contribution is -1.81. The van der Waals surface area contributed by atoms with E-state index in [1.54, 1.807) is 0 Å². The van der Waals surface area contributed by atoms with Crippen LogP contribution in [0.3, 0.4) is 0 Å². The summed E-state index contributed by atoms with van der Waals surface area (Å²) in [6, 6.07) is 0. The lowest BCUT2D eigenvalue weighted by Gasteiger charge is -1.71. The van der Waals surface area contributed by atoms with Crippen molar-refractivity contribution < 1.29 is 8.76 Å². The maximum atomic E-state index is 9.47. The van der Waals surface area contributed by atoms with Crippen molar-refractivity contribution in [3.05, 3.63) is 0 Å². The average molecular weight is 206 g/mol. The van der Waals surface area contributed by atoms with Crippen LogP contribution in [-0.4, -0.2) is 12.5 Å². The van der Waals surface area contributed by atoms with Crippen molar-refractivity contribution in [1.82, 2.24) is 0 Å². The Kier molecular flexibility index (Phi) is 3.56. The molecule has 0 bridgehead atoms. The third-order valence-electron chi connectivity index (χ3n) is 0.0933. The van der Waals surface area contributed by atoms with Gasteiger partial charge in [0.1, 0.15) is 3.76 Å². The molecule has 1 unspecified atom stereocenters. The highest BCUT2D eigenvalue weighted by Crippen LogP contribution is 1.80. The third-order valence-corrected chi connectivity index (χ3v) is 1.88. The molecule has 0 aliphatic carbocycles. The predicted molar refractivity (Wildman–Crippen MR) is 29.7 cm³/mol. The number of halogens is 1. The Morgan fingerprint density at radius 1 is 2.00 bits per heavy atom. The summed E-state index contributed by atoms with van der Waals surface area (Å²) in [4.78, 5) is 0. The van der Waals surface area contributed by atoms with Gasteiger partial charge in [0.25, 0.3) is 0 Å². The summed E-state index contributed by atoms with van der Waals surface area (Å²) in [6.45, 7) is 0. The van der Waals surface area contributed by atoms with Crippen molar-refractivity contribution in [3.8, 4) is 0 Å². The van der Waals surface area contributed by atoms with Crippen molar-refractivity contribution in [3.63, 3.8) is 0 Å². The number of alkyl halides is 1. The normalized spacial score (nSPS) is 14.8. The smallest absolute Gasteiger partial charge is 0.162 e. The minimum atomic E-state index is -1.59. The SMILES string of the molecule is O=S(O)CI. The summed E-state index contributed by atoms with van der Waals surface area (Å²) in [5.41, 5.74) is 0. The lowest BCUT2D eigenvalue weighted by atomic mass is 12.0. The zero-order chi connectivity index (χ0) is 4.28. The van der Waals surface area contributed by atoms with E-state index in [-0.39, 0.29) is 0 Å². The summed E-state index contributed by atoms with van der Waals surface area (Å²) in [5, 5.41) is 0. The summed E-state index contributed by atoms with van der Waals surface area (Å²) in [5.74, 6) is 0. The van der Waals surface area contributed by atoms with Gasteiger partial charge in [0, 0.05) is 0 Å². The van der Waals surface area contributed by atoms with Crippen LogP contribution in [0.15, 0.2) is 0 Å². The second kappa shape index (κ2) is 3.05. The first-order chi connectivity index (χ1) is 2.27. The Labute approximate surface area is 46.4 Å². The average Bonchev–Trinajstić information content (AvgIpc) is 1.38. The van der Waals surface area contributed by atoms with Crippen LogP contribution in [0.5, 0.6) is 0 Å². The Hall–Kier alpha value is 0.840. The van der Waals surface area contributed by atoms with E-state index in [0.29, 0.717) is 3.76 Å². The first-order valence-corrected chi connectivity index (χ1v) is 3.71. The van der Waals surface area contributed by atoms with Crippen LogP contribution >= 0.6 is 22.6 Å². The van der Waals surface area contributed by atoms with Gasteiger partial charge in [-0.05, 0) is 0 Å². The standard InChI is InChI=1S/CH3IO2S/c2-1-5(3)4/h1H2,(H,3,4). The topological polar surface area (TPSA) is 37.3 Å². The van der Waals surface area contributed by atoms with Gasteiger partial charge in [-0.1, -0.05) is 22.6 Å². The van der Waals surface area contributed by atoms with E-state index in [1.165, 1.54) is 0 Å². The molecule has 0 spiro atoms. The van der Waals surface area contributed by atoms with E-state index in [2.05, 4.69) is 0 Å². The molecule has 1 atom stereocenters. The minimum absolute atomic E-state index is 0.303. The first-order valence-electron chi connectivity index (χ1n) is 0.905. The van der Waals surface area contributed by atoms with Crippen molar-refractivity contribution in [2.75, 3.05) is 3.76 Å². The Morgan fingerprint density at radius 3 is 2.20 bits per heavy atom. The molecular weight excluding hydrogens is 203 g/mol. The van der Waals surface area contributed by atoms with Gasteiger partial charge in [0.15, 0.2) is 11.1 Å². The van der Waals surface area contributed by atoms with E-state index < -0.39 is 11.1 Å². The molecule has 0 aromatic heterocycles. The zero-order valence-electron chi connectivity index (χ0n) is 2.35. The Morgan fingerprint density at radius 2 is 2.20 bits per heavy atom. The van der Waals surface area contributed by atoms with Gasteiger partial charge in [0.2, 0.25) is 0 Å². The van der Waals surface area contributed by atoms with Gasteiger partial charge in [-0.3, -0.25) is 0 Å². The molecule has 0 aromatic carbocycles. The fraction of sp³-hybridized carbons (Fsp3) is 1.00. The second-order valence-electron chi connectivity index (χ2n) is 0.431. The highest BCUT2D eigenvalue weighted by Gasteiger charge is 1.78. The minimum Gasteiger partial charge on any atom is -0.306 e. The molecule has 1 N–H and O–H groups in total. The number of hydrogen-bond donors (Lipinski definition) is 1. The van der Waals surface area contributed by atoms with Gasteiger partial charge < -0.3 is 4.55 Å². The molecule has 0 saturated carbocycles. The van der Waals surface area contributed by atoms with Crippen LogP contribution in [0.1, 0.15) is 0 Å². The highest BCUT2D eigenvalue weighted by atomic mass is 127. The van der Waals surface area contributed by atoms with Crippen molar-refractivity contribution >= 4 is 33.7 Å². The van der Waals surface area contributed by atoms with Crippen LogP contribution < -0.4 is 0 Å². The molecule has 5 heavy (non-hydrogen) atoms. The molecule has 32 valence electrons. The maximum Gasteiger partial charge on any atom is 0.162 e. The van der Waals surface area contributed by atoms with Gasteiger partial charge in [-0.2, -0.15) is 0 Å². The first kappa shape index (κ1) is 5.84. The molecule has 0 aliphatic rings. The molecule has 0 amide bonds. The van der Waals surface area contributed by atoms with Crippen LogP contribution in [0.2, 0.25) is 0 Å². The van der Waals surface area contributed by atoms with E-state index >= 15 is 0 Å². The molecule has 4 heteroatoms. The summed E-state index contributed by atoms with van der Waals surface area (Å²) >= 11 is 0.241. The van der Waals surface area contributed by atoms with Crippen LogP contribution in [0.4, 0.5) is 0 Å². The monoisotopic (exact) mass is 206 g/mol. The highest BCUT2D eigenvalue weighted by molar-refractivity contribution is 14.1. The van der Waals surface area contributed by atoms with Gasteiger partial charge >= 0.3 is 0 Å². The van der Waals surface area contributed by atoms with Crippen molar-refractivity contribution in [2.24, 2.45) is 0 Å². The number of rotatable bonds is 1. The molecule has 0 aromatic rings. The summed E-state index contributed by atoms with van der Waals surface area (Å²) < 4.78 is 17.6. The van der Waals surface area contributed by atoms with Gasteiger partial charge in [0.05, 0.1) is 0 Å². The van der Waals surface area contributed by atoms with Crippen molar-refractivity contribution in [1.29, 1.82) is 0 Å². The summed E-state index contributed by atoms with van der Waals surface area (Å²) in [6.07, 6.45) is 0. The number of hydrogen-bond acceptors (Lipinski definition) is 1. The fourth-order valence-corrected chi connectivity index (χ4v) is 0. The fourth-order valence-electron chi connectivity index (χ4n) is 0. The van der Waals surface area contributed by atoms with E-state index in [0.717, 1.165) is 0 Å². The quantitative estimate of drug-likeness (QED) is 0.387. The maximum absolute atomic E-state index is 9.47. The van der Waals surface area contributed by atoms with Crippen molar-refractivity contribution in [2.45, 2.75) is 0 Å². The molecule has 0 saturated heterocycles. The van der Waals surface area contributed by atoms with E-state index in [9.17, 15) is 4.21 Å². The van der Waals surface area contributed by atoms with Gasteiger partial charge in [-0.25, -0.2) is 4.21 Å². The van der Waals surface area contributed by atoms with Crippen LogP contribution in [-0.2, 0) is 11.1 Å². The summed E-state index contributed by atoms with van der Waals surface area (Å²) in [7, 11) is 0. The third kappa shape index (κ3) is 4.84. The van der Waals surface area contributed by atoms with E-state index in [1.807, 2.05) is 22.6 Å². The van der Waals surface area contributed by atoms with Crippen LogP contribution in [0.25, 0.3) is 0 Å². The molecule has 0 fully saturated rings. The molecule has 2 nitrogen and oxygen atoms in total. The lowest BCUT2D eigenvalue weighted by molar-refractivity contribution is 0.570. The predicted octanol–water partition coefficient (Wildman–Crippen LogP) is 0.601. The zero-order valence-corrected chi connectivity index (χ0v) is 5.32. The van der Waals surface area contributed by atoms with Crippen LogP contribution in [0, 0.1) is 0 Å². The molecule has 0 rings (SSSR count).